The summed E-state index contributed by atoms with van der Waals surface area (Å²) in [6, 6.07) is 15.5. The van der Waals surface area contributed by atoms with Crippen molar-refractivity contribution in [1.29, 1.82) is 0 Å². The second kappa shape index (κ2) is 8.61. The molecule has 1 heterocycles. The number of nitrogens with zero attached hydrogens (tertiary/aromatic N) is 1. The molecule has 5 nitrogen and oxygen atoms in total. The molecular weight excluding hydrogens is 422 g/mol. The highest BCUT2D eigenvalue weighted by molar-refractivity contribution is 7.18. The number of hydrogen-bond donors (Lipinski definition) is 2. The maximum atomic E-state index is 13.5. The molecule has 0 saturated carbocycles. The molecule has 1 amide bonds. The third-order valence-electron chi connectivity index (χ3n) is 4.66. The van der Waals surface area contributed by atoms with Crippen molar-refractivity contribution in [1.82, 2.24) is 10.3 Å². The first kappa shape index (κ1) is 20.6. The van der Waals surface area contributed by atoms with Crippen LogP contribution in [-0.2, 0) is 17.8 Å². The van der Waals surface area contributed by atoms with Crippen LogP contribution in [0.15, 0.2) is 60.7 Å². The third-order valence-corrected chi connectivity index (χ3v) is 5.68. The van der Waals surface area contributed by atoms with Crippen LogP contribution in [0.4, 0.5) is 8.78 Å². The summed E-state index contributed by atoms with van der Waals surface area (Å²) in [4.78, 5) is 27.8. The van der Waals surface area contributed by atoms with Crippen molar-refractivity contribution in [3.63, 3.8) is 0 Å². The number of carbonyl (C=O) groups excluding carboxylic acids is 1. The van der Waals surface area contributed by atoms with Crippen LogP contribution in [0.25, 0.3) is 21.3 Å². The lowest BCUT2D eigenvalue weighted by Gasteiger charge is -2.05. The molecule has 156 valence electrons. The maximum absolute atomic E-state index is 13.5. The average molecular weight is 438 g/mol. The minimum atomic E-state index is -1.02. The van der Waals surface area contributed by atoms with E-state index in [-0.39, 0.29) is 24.4 Å². The number of aromatic nitrogens is 1. The van der Waals surface area contributed by atoms with Crippen molar-refractivity contribution < 1.29 is 23.5 Å². The molecular formula is C23H16F2N2O3S. The largest absolute Gasteiger partial charge is 0.478 e. The number of halogens is 2. The number of fused-ring (bicyclic) bond motifs is 1. The maximum Gasteiger partial charge on any atom is 0.335 e. The summed E-state index contributed by atoms with van der Waals surface area (Å²) in [5, 5.41) is 12.4. The Morgan fingerprint density at radius 3 is 2.52 bits per heavy atom. The third kappa shape index (κ3) is 4.75. The quantitative estimate of drug-likeness (QED) is 0.453. The van der Waals surface area contributed by atoms with Gasteiger partial charge in [-0.15, -0.1) is 11.3 Å². The molecule has 0 aliphatic carbocycles. The summed E-state index contributed by atoms with van der Waals surface area (Å²) in [6.07, 6.45) is 0.0818. The fourth-order valence-corrected chi connectivity index (χ4v) is 4.12. The van der Waals surface area contributed by atoms with Gasteiger partial charge in [0.25, 0.3) is 0 Å². The van der Waals surface area contributed by atoms with Gasteiger partial charge in [0, 0.05) is 6.54 Å². The molecule has 0 aliphatic heterocycles. The Labute approximate surface area is 180 Å². The van der Waals surface area contributed by atoms with Crippen LogP contribution in [0.3, 0.4) is 0 Å². The average Bonchev–Trinajstić information content (AvgIpc) is 3.15. The van der Waals surface area contributed by atoms with Crippen molar-refractivity contribution in [2.75, 3.05) is 0 Å². The molecule has 0 saturated heterocycles. The summed E-state index contributed by atoms with van der Waals surface area (Å²) >= 11 is 1.35. The molecule has 4 aromatic rings. The van der Waals surface area contributed by atoms with Crippen LogP contribution in [-0.4, -0.2) is 22.0 Å². The molecule has 31 heavy (non-hydrogen) atoms. The van der Waals surface area contributed by atoms with E-state index in [4.69, 9.17) is 5.11 Å². The van der Waals surface area contributed by atoms with E-state index < -0.39 is 17.6 Å². The van der Waals surface area contributed by atoms with E-state index in [1.165, 1.54) is 29.5 Å². The summed E-state index contributed by atoms with van der Waals surface area (Å²) in [7, 11) is 0. The van der Waals surface area contributed by atoms with Crippen LogP contribution in [0.2, 0.25) is 0 Å². The van der Waals surface area contributed by atoms with Crippen molar-refractivity contribution in [2.24, 2.45) is 0 Å². The number of hydrogen-bond acceptors (Lipinski definition) is 4. The predicted octanol–water partition coefficient (Wildman–Crippen LogP) is 4.80. The first-order chi connectivity index (χ1) is 14.9. The van der Waals surface area contributed by atoms with E-state index >= 15 is 0 Å². The van der Waals surface area contributed by atoms with Crippen molar-refractivity contribution >= 4 is 33.4 Å². The highest BCUT2D eigenvalue weighted by Crippen LogP contribution is 2.29. The molecule has 0 radical (unpaired) electrons. The number of carboxylic acids is 1. The molecule has 3 aromatic carbocycles. The first-order valence-corrected chi connectivity index (χ1v) is 10.1. The molecule has 0 spiro atoms. The normalized spacial score (nSPS) is 10.9. The molecule has 1 aromatic heterocycles. The fourth-order valence-electron chi connectivity index (χ4n) is 3.12. The number of carbonyl (C=O) groups is 2. The molecule has 0 atom stereocenters. The zero-order chi connectivity index (χ0) is 22.0. The summed E-state index contributed by atoms with van der Waals surface area (Å²) in [5.41, 5.74) is 2.85. The van der Waals surface area contributed by atoms with Crippen LogP contribution in [0, 0.1) is 11.6 Å². The summed E-state index contributed by atoms with van der Waals surface area (Å²) in [5.74, 6) is -3.07. The second-order valence-corrected chi connectivity index (χ2v) is 7.99. The Morgan fingerprint density at radius 1 is 0.968 bits per heavy atom. The summed E-state index contributed by atoms with van der Waals surface area (Å²) < 4.78 is 27.5. The first-order valence-electron chi connectivity index (χ1n) is 9.33. The van der Waals surface area contributed by atoms with Crippen LogP contribution in [0.5, 0.6) is 0 Å². The monoisotopic (exact) mass is 438 g/mol. The van der Waals surface area contributed by atoms with Crippen molar-refractivity contribution in [3.05, 3.63) is 88.4 Å². The number of thiazole rings is 1. The Kier molecular flexibility index (Phi) is 5.73. The van der Waals surface area contributed by atoms with Crippen LogP contribution >= 0.6 is 11.3 Å². The van der Waals surface area contributed by atoms with E-state index in [0.29, 0.717) is 21.7 Å². The van der Waals surface area contributed by atoms with Crippen LogP contribution < -0.4 is 5.32 Å². The van der Waals surface area contributed by atoms with Crippen molar-refractivity contribution in [2.45, 2.75) is 13.0 Å². The molecule has 0 fully saturated rings. The molecule has 0 unspecified atom stereocenters. The SMILES string of the molecule is O=C(Cc1nc2ccc(-c3ccc(F)c(F)c3)cc2s1)NCc1cccc(C(=O)O)c1. The zero-order valence-electron chi connectivity index (χ0n) is 16.1. The fraction of sp³-hybridized carbons (Fsp3) is 0.0870. The van der Waals surface area contributed by atoms with Gasteiger partial charge in [0.2, 0.25) is 5.91 Å². The van der Waals surface area contributed by atoms with Gasteiger partial charge in [0.05, 0.1) is 22.2 Å². The van der Waals surface area contributed by atoms with E-state index in [0.717, 1.165) is 22.4 Å². The Morgan fingerprint density at radius 2 is 1.74 bits per heavy atom. The number of amides is 1. The molecule has 8 heteroatoms. The Hall–Kier alpha value is -3.65. The summed E-state index contributed by atoms with van der Waals surface area (Å²) in [6.45, 7) is 0.213. The highest BCUT2D eigenvalue weighted by atomic mass is 32.1. The minimum Gasteiger partial charge on any atom is -0.478 e. The van der Waals surface area contributed by atoms with Gasteiger partial charge in [0.1, 0.15) is 5.01 Å². The van der Waals surface area contributed by atoms with Gasteiger partial charge >= 0.3 is 5.97 Å². The topological polar surface area (TPSA) is 79.3 Å². The standard InChI is InChI=1S/C23H16F2N2O3S/c24-17-6-4-14(9-18(17)25)15-5-7-19-20(10-15)31-22(27-19)11-21(28)26-12-13-2-1-3-16(8-13)23(29)30/h1-10H,11-12H2,(H,26,28)(H,29,30). The van der Waals surface area contributed by atoms with Gasteiger partial charge in [0.15, 0.2) is 11.6 Å². The van der Waals surface area contributed by atoms with Gasteiger partial charge < -0.3 is 10.4 Å². The molecule has 0 aliphatic rings. The Bertz CT molecular complexity index is 1300. The highest BCUT2D eigenvalue weighted by Gasteiger charge is 2.12. The Balaban J connectivity index is 1.45. The molecule has 2 N–H and O–H groups in total. The van der Waals surface area contributed by atoms with Gasteiger partial charge in [-0.05, 0) is 53.1 Å². The number of aromatic carboxylic acids is 1. The lowest BCUT2D eigenvalue weighted by atomic mass is 10.1. The lowest BCUT2D eigenvalue weighted by molar-refractivity contribution is -0.120. The van der Waals surface area contributed by atoms with Crippen LogP contribution in [0.1, 0.15) is 20.9 Å². The van der Waals surface area contributed by atoms with Gasteiger partial charge in [-0.25, -0.2) is 18.6 Å². The second-order valence-electron chi connectivity index (χ2n) is 6.88. The zero-order valence-corrected chi connectivity index (χ0v) is 16.9. The van der Waals surface area contributed by atoms with E-state index in [2.05, 4.69) is 10.3 Å². The molecule has 4 rings (SSSR count). The number of rotatable bonds is 6. The number of carboxylic acid groups (broad SMARTS) is 1. The van der Waals surface area contributed by atoms with Gasteiger partial charge in [-0.2, -0.15) is 0 Å². The lowest BCUT2D eigenvalue weighted by Crippen LogP contribution is -2.24. The number of benzene rings is 3. The van der Waals surface area contributed by atoms with E-state index in [1.807, 2.05) is 6.07 Å². The predicted molar refractivity (Wildman–Crippen MR) is 114 cm³/mol. The van der Waals surface area contributed by atoms with Gasteiger partial charge in [-0.1, -0.05) is 24.3 Å². The van der Waals surface area contributed by atoms with Gasteiger partial charge in [-0.3, -0.25) is 4.79 Å². The van der Waals surface area contributed by atoms with E-state index in [9.17, 15) is 18.4 Å². The smallest absolute Gasteiger partial charge is 0.335 e. The van der Waals surface area contributed by atoms with Crippen molar-refractivity contribution in [3.8, 4) is 11.1 Å². The van der Waals surface area contributed by atoms with E-state index in [1.54, 1.807) is 24.3 Å². The number of nitrogens with one attached hydrogen (secondary N) is 1. The molecule has 0 bridgehead atoms. The minimum absolute atomic E-state index is 0.0818.